The summed E-state index contributed by atoms with van der Waals surface area (Å²) in [5.41, 5.74) is 8.67. The summed E-state index contributed by atoms with van der Waals surface area (Å²) in [7, 11) is 0. The zero-order valence-electron chi connectivity index (χ0n) is 17.0. The van der Waals surface area contributed by atoms with Crippen molar-refractivity contribution in [2.75, 3.05) is 5.73 Å². The van der Waals surface area contributed by atoms with Gasteiger partial charge in [0.1, 0.15) is 10.1 Å². The number of benzene rings is 2. The fourth-order valence-corrected chi connectivity index (χ4v) is 3.98. The minimum Gasteiger partial charge on any atom is -0.438 e. The summed E-state index contributed by atoms with van der Waals surface area (Å²) >= 11 is 3.42. The van der Waals surface area contributed by atoms with Gasteiger partial charge in [0.25, 0.3) is 0 Å². The molecule has 0 unspecified atom stereocenters. The van der Waals surface area contributed by atoms with Crippen LogP contribution in [0.15, 0.2) is 77.7 Å². The van der Waals surface area contributed by atoms with Crippen molar-refractivity contribution >= 4 is 33.4 Å². The summed E-state index contributed by atoms with van der Waals surface area (Å²) in [5, 5.41) is 0. The first kappa shape index (κ1) is 20.9. The number of fused-ring (bicyclic) bond motifs is 1. The van der Waals surface area contributed by atoms with Crippen molar-refractivity contribution in [3.05, 3.63) is 94.6 Å². The zero-order chi connectivity index (χ0) is 21.8. The van der Waals surface area contributed by atoms with Crippen molar-refractivity contribution in [2.24, 2.45) is 0 Å². The lowest BCUT2D eigenvalue weighted by Gasteiger charge is -2.24. The van der Waals surface area contributed by atoms with Gasteiger partial charge in [0.15, 0.2) is 17.7 Å². The molecule has 4 aromatic rings. The zero-order valence-corrected chi connectivity index (χ0v) is 18.6. The highest BCUT2D eigenvalue weighted by Gasteiger charge is 2.24. The van der Waals surface area contributed by atoms with Gasteiger partial charge in [-0.15, -0.1) is 0 Å². The molecule has 0 bridgehead atoms. The number of carbonyl (C=O) groups excluding carboxylic acids is 1. The van der Waals surface area contributed by atoms with E-state index >= 15 is 0 Å². The van der Waals surface area contributed by atoms with Crippen LogP contribution in [0.25, 0.3) is 5.52 Å². The second kappa shape index (κ2) is 9.18. The van der Waals surface area contributed by atoms with Gasteiger partial charge in [0.2, 0.25) is 0 Å². The highest BCUT2D eigenvalue weighted by atomic mass is 79.9. The molecule has 1 amide bonds. The van der Waals surface area contributed by atoms with Gasteiger partial charge in [-0.25, -0.2) is 14.8 Å². The number of rotatable bonds is 6. The summed E-state index contributed by atoms with van der Waals surface area (Å²) in [6.07, 6.45) is 2.32. The molecule has 2 heterocycles. The minimum atomic E-state index is -0.595. The lowest BCUT2D eigenvalue weighted by atomic mass is 10.2. The Kier molecular flexibility index (Phi) is 6.18. The van der Waals surface area contributed by atoms with E-state index < -0.39 is 12.2 Å². The van der Waals surface area contributed by atoms with Crippen molar-refractivity contribution in [1.29, 1.82) is 0 Å². The van der Waals surface area contributed by atoms with E-state index in [2.05, 4.69) is 25.9 Å². The number of nitrogens with two attached hydrogens (primary N) is 1. The summed E-state index contributed by atoms with van der Waals surface area (Å²) < 4.78 is 8.16. The molecular weight excluding hydrogens is 458 g/mol. The molecule has 0 aliphatic carbocycles. The van der Waals surface area contributed by atoms with E-state index in [-0.39, 0.29) is 0 Å². The molecule has 0 radical (unpaired) electrons. The third-order valence-electron chi connectivity index (χ3n) is 4.90. The Morgan fingerprint density at radius 3 is 2.26 bits per heavy atom. The maximum atomic E-state index is 13.2. The van der Waals surface area contributed by atoms with Gasteiger partial charge in [-0.3, -0.25) is 9.30 Å². The summed E-state index contributed by atoms with van der Waals surface area (Å²) in [4.78, 5) is 23.4. The van der Waals surface area contributed by atoms with Gasteiger partial charge < -0.3 is 10.5 Å². The van der Waals surface area contributed by atoms with Gasteiger partial charge in [0.05, 0.1) is 0 Å². The van der Waals surface area contributed by atoms with Crippen LogP contribution in [0.1, 0.15) is 30.0 Å². The van der Waals surface area contributed by atoms with Crippen molar-refractivity contribution in [3.63, 3.8) is 0 Å². The monoisotopic (exact) mass is 479 g/mol. The first-order chi connectivity index (χ1) is 15.0. The lowest BCUT2D eigenvalue weighted by molar-refractivity contribution is 0.0616. The van der Waals surface area contributed by atoms with E-state index in [9.17, 15) is 4.79 Å². The molecule has 2 aromatic heterocycles. The number of ether oxygens (including phenoxy) is 1. The quantitative estimate of drug-likeness (QED) is 0.421. The fourth-order valence-electron chi connectivity index (χ4n) is 3.40. The molecule has 0 saturated heterocycles. The number of nitrogens with zero attached hydrogens (tertiary/aromatic N) is 4. The average molecular weight is 480 g/mol. The summed E-state index contributed by atoms with van der Waals surface area (Å²) in [6.45, 7) is 2.66. The fraction of sp³-hybridized carbons (Fsp3) is 0.174. The SMILES string of the molecule is C[C@H](OC(=O)N(Cc1ccccc1)Cc1ccccc1)c1nc(Br)c2c(N)nccn12. The molecule has 0 aliphatic rings. The molecule has 0 aliphatic heterocycles. The number of anilines is 1. The standard InChI is InChI=1S/C23H22BrN5O2/c1-16(22-27-20(24)19-21(25)26-12-13-29(19)22)31-23(30)28(14-17-8-4-2-5-9-17)15-18-10-6-3-7-11-18/h2-13,16H,14-15H2,1H3,(H2,25,26)/t16-/m0/s1. The second-order valence-electron chi connectivity index (χ2n) is 7.15. The molecule has 7 nitrogen and oxygen atoms in total. The topological polar surface area (TPSA) is 85.8 Å². The van der Waals surface area contributed by atoms with Gasteiger partial charge in [-0.05, 0) is 34.0 Å². The highest BCUT2D eigenvalue weighted by Crippen LogP contribution is 2.27. The first-order valence-electron chi connectivity index (χ1n) is 9.84. The Balaban J connectivity index is 1.57. The Hall–Kier alpha value is -3.39. The van der Waals surface area contributed by atoms with E-state index in [1.165, 1.54) is 0 Å². The molecule has 1 atom stereocenters. The molecule has 4 rings (SSSR count). The average Bonchev–Trinajstić information content (AvgIpc) is 3.12. The van der Waals surface area contributed by atoms with Crippen LogP contribution in [0, 0.1) is 0 Å². The van der Waals surface area contributed by atoms with Crippen LogP contribution in [0.2, 0.25) is 0 Å². The van der Waals surface area contributed by atoms with Crippen LogP contribution in [-0.2, 0) is 17.8 Å². The van der Waals surface area contributed by atoms with E-state index in [0.717, 1.165) is 11.1 Å². The maximum absolute atomic E-state index is 13.2. The van der Waals surface area contributed by atoms with Gasteiger partial charge in [-0.1, -0.05) is 60.7 Å². The number of hydrogen-bond acceptors (Lipinski definition) is 5. The van der Waals surface area contributed by atoms with Crippen LogP contribution in [0.3, 0.4) is 0 Å². The number of nitrogen functional groups attached to an aromatic ring is 1. The van der Waals surface area contributed by atoms with Crippen LogP contribution >= 0.6 is 15.9 Å². The van der Waals surface area contributed by atoms with E-state index in [0.29, 0.717) is 34.9 Å². The van der Waals surface area contributed by atoms with Crippen LogP contribution in [0.4, 0.5) is 10.6 Å². The van der Waals surface area contributed by atoms with Crippen molar-refractivity contribution in [3.8, 4) is 0 Å². The normalized spacial score (nSPS) is 11.9. The van der Waals surface area contributed by atoms with Crippen molar-refractivity contribution in [1.82, 2.24) is 19.3 Å². The van der Waals surface area contributed by atoms with Gasteiger partial charge >= 0.3 is 6.09 Å². The Bertz CT molecular complexity index is 1140. The third kappa shape index (κ3) is 4.69. The van der Waals surface area contributed by atoms with Crippen molar-refractivity contribution in [2.45, 2.75) is 26.1 Å². The molecule has 31 heavy (non-hydrogen) atoms. The number of carbonyl (C=O) groups is 1. The van der Waals surface area contributed by atoms with Crippen molar-refractivity contribution < 1.29 is 9.53 Å². The largest absolute Gasteiger partial charge is 0.438 e. The maximum Gasteiger partial charge on any atom is 0.411 e. The first-order valence-corrected chi connectivity index (χ1v) is 10.6. The number of imidazole rings is 1. The molecule has 0 fully saturated rings. The van der Waals surface area contributed by atoms with Crippen LogP contribution in [0.5, 0.6) is 0 Å². The van der Waals surface area contributed by atoms with E-state index in [4.69, 9.17) is 10.5 Å². The minimum absolute atomic E-state index is 0.349. The Labute approximate surface area is 188 Å². The predicted octanol–water partition coefficient (Wildman–Crippen LogP) is 4.97. The molecule has 158 valence electrons. The summed E-state index contributed by atoms with van der Waals surface area (Å²) in [5.74, 6) is 0.908. The Morgan fingerprint density at radius 1 is 1.10 bits per heavy atom. The Morgan fingerprint density at radius 2 is 1.68 bits per heavy atom. The van der Waals surface area contributed by atoms with Gasteiger partial charge in [-0.2, -0.15) is 0 Å². The molecule has 2 N–H and O–H groups in total. The summed E-state index contributed by atoms with van der Waals surface area (Å²) in [6, 6.07) is 19.7. The molecule has 0 spiro atoms. The van der Waals surface area contributed by atoms with Crippen LogP contribution in [-0.4, -0.2) is 25.4 Å². The smallest absolute Gasteiger partial charge is 0.411 e. The van der Waals surface area contributed by atoms with E-state index in [1.54, 1.807) is 28.6 Å². The number of aromatic nitrogens is 3. The third-order valence-corrected chi connectivity index (χ3v) is 5.45. The number of hydrogen-bond donors (Lipinski definition) is 1. The lowest BCUT2D eigenvalue weighted by Crippen LogP contribution is -2.31. The molecular formula is C23H22BrN5O2. The molecule has 0 saturated carbocycles. The van der Waals surface area contributed by atoms with Crippen LogP contribution < -0.4 is 5.73 Å². The van der Waals surface area contributed by atoms with Gasteiger partial charge in [0, 0.05) is 25.5 Å². The van der Waals surface area contributed by atoms with E-state index in [1.807, 2.05) is 60.7 Å². The molecule has 2 aromatic carbocycles. The second-order valence-corrected chi connectivity index (χ2v) is 7.90. The molecule has 8 heteroatoms. The number of halogens is 1. The highest BCUT2D eigenvalue weighted by molar-refractivity contribution is 9.10. The predicted molar refractivity (Wildman–Crippen MR) is 122 cm³/mol. The number of amides is 1.